The molecule has 23 heavy (non-hydrogen) atoms. The van der Waals surface area contributed by atoms with Crippen LogP contribution in [0.4, 0.5) is 5.69 Å². The molecular formula is C19H19NO3. The molecule has 0 unspecified atom stereocenters. The first-order chi connectivity index (χ1) is 11.1. The van der Waals surface area contributed by atoms with Crippen molar-refractivity contribution < 1.29 is 9.72 Å². The van der Waals surface area contributed by atoms with Crippen molar-refractivity contribution in [2.75, 3.05) is 0 Å². The van der Waals surface area contributed by atoms with Gasteiger partial charge in [0.1, 0.15) is 0 Å². The zero-order valence-corrected chi connectivity index (χ0v) is 12.9. The van der Waals surface area contributed by atoms with Crippen molar-refractivity contribution in [2.24, 2.45) is 0 Å². The van der Waals surface area contributed by atoms with Crippen molar-refractivity contribution in [1.82, 2.24) is 0 Å². The molecule has 0 atom stereocenters. The first-order valence-corrected chi connectivity index (χ1v) is 8.04. The van der Waals surface area contributed by atoms with E-state index in [0.717, 1.165) is 0 Å². The molecule has 118 valence electrons. The van der Waals surface area contributed by atoms with Crippen molar-refractivity contribution >= 4 is 11.5 Å². The van der Waals surface area contributed by atoms with Crippen LogP contribution in [0.5, 0.6) is 0 Å². The molecule has 1 aliphatic rings. The van der Waals surface area contributed by atoms with Crippen LogP contribution in [-0.2, 0) is 0 Å². The van der Waals surface area contributed by atoms with Gasteiger partial charge in [-0.3, -0.25) is 14.9 Å². The maximum atomic E-state index is 12.4. The van der Waals surface area contributed by atoms with Crippen LogP contribution in [0, 0.1) is 10.1 Å². The summed E-state index contributed by atoms with van der Waals surface area (Å²) in [4.78, 5) is 22.6. The lowest BCUT2D eigenvalue weighted by molar-refractivity contribution is -0.384. The Morgan fingerprint density at radius 2 is 1.39 bits per heavy atom. The molecule has 1 aliphatic carbocycles. The van der Waals surface area contributed by atoms with Crippen molar-refractivity contribution in [3.63, 3.8) is 0 Å². The quantitative estimate of drug-likeness (QED) is 0.459. The van der Waals surface area contributed by atoms with E-state index in [-0.39, 0.29) is 11.5 Å². The van der Waals surface area contributed by atoms with Crippen molar-refractivity contribution in [1.29, 1.82) is 0 Å². The molecule has 1 saturated carbocycles. The fraction of sp³-hybridized carbons (Fsp3) is 0.316. The average molecular weight is 309 g/mol. The molecule has 0 amide bonds. The Kier molecular flexibility index (Phi) is 4.51. The maximum absolute atomic E-state index is 12.4. The van der Waals surface area contributed by atoms with Gasteiger partial charge in [-0.25, -0.2) is 0 Å². The SMILES string of the molecule is O=C(c1ccc(C2CCCCC2)cc1)c1ccc([N+](=O)[O-])cc1. The number of ketones is 1. The molecule has 0 spiro atoms. The summed E-state index contributed by atoms with van der Waals surface area (Å²) < 4.78 is 0. The van der Waals surface area contributed by atoms with E-state index in [9.17, 15) is 14.9 Å². The normalized spacial score (nSPS) is 15.3. The van der Waals surface area contributed by atoms with Crippen LogP contribution in [0.3, 0.4) is 0 Å². The average Bonchev–Trinajstić information content (AvgIpc) is 2.62. The topological polar surface area (TPSA) is 60.2 Å². The third kappa shape index (κ3) is 3.47. The van der Waals surface area contributed by atoms with Crippen LogP contribution in [0.2, 0.25) is 0 Å². The van der Waals surface area contributed by atoms with E-state index >= 15 is 0 Å². The fourth-order valence-electron chi connectivity index (χ4n) is 3.24. The Hall–Kier alpha value is -2.49. The van der Waals surface area contributed by atoms with Crippen LogP contribution >= 0.6 is 0 Å². The molecule has 0 saturated heterocycles. The molecule has 0 aliphatic heterocycles. The highest BCUT2D eigenvalue weighted by Gasteiger charge is 2.16. The summed E-state index contributed by atoms with van der Waals surface area (Å²) in [5.74, 6) is 0.516. The number of nitrogens with zero attached hydrogens (tertiary/aromatic N) is 1. The zero-order valence-electron chi connectivity index (χ0n) is 12.9. The number of non-ortho nitro benzene ring substituents is 1. The molecule has 2 aromatic rings. The summed E-state index contributed by atoms with van der Waals surface area (Å²) in [5.41, 5.74) is 2.40. The van der Waals surface area contributed by atoms with E-state index in [1.54, 1.807) is 0 Å². The van der Waals surface area contributed by atoms with Crippen LogP contribution in [0.25, 0.3) is 0 Å². The van der Waals surface area contributed by atoms with Gasteiger partial charge < -0.3 is 0 Å². The number of benzene rings is 2. The van der Waals surface area contributed by atoms with Gasteiger partial charge in [-0.15, -0.1) is 0 Å². The molecule has 4 heteroatoms. The fourth-order valence-corrected chi connectivity index (χ4v) is 3.24. The van der Waals surface area contributed by atoms with Crippen molar-refractivity contribution in [3.05, 3.63) is 75.3 Å². The van der Waals surface area contributed by atoms with Gasteiger partial charge in [-0.2, -0.15) is 0 Å². The summed E-state index contributed by atoms with van der Waals surface area (Å²) >= 11 is 0. The van der Waals surface area contributed by atoms with Gasteiger partial charge in [-0.05, 0) is 36.5 Å². The van der Waals surface area contributed by atoms with Crippen LogP contribution in [0.15, 0.2) is 48.5 Å². The molecule has 0 heterocycles. The second-order valence-corrected chi connectivity index (χ2v) is 6.09. The zero-order chi connectivity index (χ0) is 16.2. The smallest absolute Gasteiger partial charge is 0.269 e. The number of hydrogen-bond acceptors (Lipinski definition) is 3. The lowest BCUT2D eigenvalue weighted by atomic mass is 9.84. The number of carbonyl (C=O) groups is 1. The molecule has 4 nitrogen and oxygen atoms in total. The standard InChI is InChI=1S/C19H19NO3/c21-19(17-10-12-18(13-11-17)20(22)23)16-8-6-15(7-9-16)14-4-2-1-3-5-14/h6-14H,1-5H2. The molecule has 3 rings (SSSR count). The molecular weight excluding hydrogens is 290 g/mol. The maximum Gasteiger partial charge on any atom is 0.269 e. The van der Waals surface area contributed by atoms with E-state index in [2.05, 4.69) is 12.1 Å². The van der Waals surface area contributed by atoms with E-state index in [1.165, 1.54) is 61.9 Å². The third-order valence-electron chi connectivity index (χ3n) is 4.59. The van der Waals surface area contributed by atoms with Gasteiger partial charge in [-0.1, -0.05) is 43.5 Å². The van der Waals surface area contributed by atoms with Gasteiger partial charge in [0.05, 0.1) is 4.92 Å². The minimum atomic E-state index is -0.465. The van der Waals surface area contributed by atoms with Crippen molar-refractivity contribution in [2.45, 2.75) is 38.0 Å². The second kappa shape index (κ2) is 6.73. The van der Waals surface area contributed by atoms with E-state index in [0.29, 0.717) is 17.0 Å². The summed E-state index contributed by atoms with van der Waals surface area (Å²) in [5, 5.41) is 10.7. The predicted molar refractivity (Wildman–Crippen MR) is 88.8 cm³/mol. The number of hydrogen-bond donors (Lipinski definition) is 0. The van der Waals surface area contributed by atoms with Gasteiger partial charge in [0.2, 0.25) is 0 Å². The number of nitro groups is 1. The summed E-state index contributed by atoms with van der Waals surface area (Å²) in [6.45, 7) is 0. The highest BCUT2D eigenvalue weighted by Crippen LogP contribution is 2.32. The number of rotatable bonds is 4. The van der Waals surface area contributed by atoms with E-state index in [1.807, 2.05) is 12.1 Å². The largest absolute Gasteiger partial charge is 0.289 e. The molecule has 0 bridgehead atoms. The summed E-state index contributed by atoms with van der Waals surface area (Å²) in [6, 6.07) is 13.6. The molecule has 0 N–H and O–H groups in total. The Morgan fingerprint density at radius 1 is 0.870 bits per heavy atom. The Morgan fingerprint density at radius 3 is 1.91 bits per heavy atom. The Labute approximate surface area is 135 Å². The monoisotopic (exact) mass is 309 g/mol. The van der Waals surface area contributed by atoms with E-state index in [4.69, 9.17) is 0 Å². The summed E-state index contributed by atoms with van der Waals surface area (Å²) in [7, 11) is 0. The number of nitro benzene ring substituents is 1. The van der Waals surface area contributed by atoms with Crippen LogP contribution < -0.4 is 0 Å². The molecule has 0 radical (unpaired) electrons. The highest BCUT2D eigenvalue weighted by molar-refractivity contribution is 6.09. The number of carbonyl (C=O) groups excluding carboxylic acids is 1. The van der Waals surface area contributed by atoms with Gasteiger partial charge >= 0.3 is 0 Å². The minimum absolute atomic E-state index is 0.00537. The third-order valence-corrected chi connectivity index (χ3v) is 4.59. The highest BCUT2D eigenvalue weighted by atomic mass is 16.6. The first kappa shape index (κ1) is 15.4. The Bertz CT molecular complexity index is 698. The predicted octanol–water partition coefficient (Wildman–Crippen LogP) is 4.87. The first-order valence-electron chi connectivity index (χ1n) is 8.04. The van der Waals surface area contributed by atoms with E-state index < -0.39 is 4.92 Å². The minimum Gasteiger partial charge on any atom is -0.289 e. The van der Waals surface area contributed by atoms with Crippen molar-refractivity contribution in [3.8, 4) is 0 Å². The van der Waals surface area contributed by atoms with Gasteiger partial charge in [0.25, 0.3) is 5.69 Å². The van der Waals surface area contributed by atoms with Gasteiger partial charge in [0.15, 0.2) is 5.78 Å². The lowest BCUT2D eigenvalue weighted by Gasteiger charge is -2.22. The molecule has 1 fully saturated rings. The second-order valence-electron chi connectivity index (χ2n) is 6.09. The van der Waals surface area contributed by atoms with Gasteiger partial charge in [0, 0.05) is 23.3 Å². The lowest BCUT2D eigenvalue weighted by Crippen LogP contribution is -2.06. The van der Waals surface area contributed by atoms with Crippen LogP contribution in [-0.4, -0.2) is 10.7 Å². The Balaban J connectivity index is 1.75. The molecule has 2 aromatic carbocycles. The molecule has 0 aromatic heterocycles. The van der Waals surface area contributed by atoms with Crippen LogP contribution in [0.1, 0.15) is 59.5 Å². The summed E-state index contributed by atoms with van der Waals surface area (Å²) in [6.07, 6.45) is 6.36.